The Bertz CT molecular complexity index is 791. The average Bonchev–Trinajstić information content (AvgIpc) is 2.68. The van der Waals surface area contributed by atoms with Crippen LogP contribution in [0.2, 0.25) is 0 Å². The maximum atomic E-state index is 11.7. The van der Waals surface area contributed by atoms with Crippen molar-refractivity contribution in [2.24, 2.45) is 4.99 Å². The number of carbonyl (C=O) groups excluding carboxylic acids is 1. The summed E-state index contributed by atoms with van der Waals surface area (Å²) in [7, 11) is 1.86. The summed E-state index contributed by atoms with van der Waals surface area (Å²) < 4.78 is 0. The first kappa shape index (κ1) is 17.7. The molecule has 0 radical (unpaired) electrons. The maximum Gasteiger partial charge on any atom is 0.219 e. The highest BCUT2D eigenvalue weighted by Gasteiger charge is 2.23. The van der Waals surface area contributed by atoms with Gasteiger partial charge in [-0.1, -0.05) is 12.1 Å². The number of rotatable bonds is 4. The van der Waals surface area contributed by atoms with E-state index in [4.69, 9.17) is 5.41 Å². The van der Waals surface area contributed by atoms with Gasteiger partial charge in [-0.2, -0.15) is 0 Å². The smallest absolute Gasteiger partial charge is 0.219 e. The molecule has 0 saturated heterocycles. The Morgan fingerprint density at radius 2 is 2.08 bits per heavy atom. The third-order valence-corrected chi connectivity index (χ3v) is 4.55. The molecule has 0 fully saturated rings. The third-order valence-electron chi connectivity index (χ3n) is 4.55. The minimum Gasteiger partial charge on any atom is -0.391 e. The van der Waals surface area contributed by atoms with Gasteiger partial charge in [0.25, 0.3) is 0 Å². The molecule has 0 spiro atoms. The molecule has 4 N–H and O–H groups in total. The largest absolute Gasteiger partial charge is 0.391 e. The Balaban J connectivity index is 1.72. The monoisotopic (exact) mass is 352 g/mol. The molecule has 0 unspecified atom stereocenters. The molecular weight excluding hydrogens is 328 g/mol. The zero-order valence-electron chi connectivity index (χ0n) is 15.1. The highest BCUT2D eigenvalue weighted by Crippen LogP contribution is 2.20. The molecule has 1 aromatic carbocycles. The number of anilines is 1. The molecule has 136 valence electrons. The summed E-state index contributed by atoms with van der Waals surface area (Å²) in [5.74, 6) is 0.346. The molecule has 7 heteroatoms. The second kappa shape index (κ2) is 7.86. The normalized spacial score (nSPS) is 16.7. The predicted molar refractivity (Wildman–Crippen MR) is 105 cm³/mol. The number of amides is 1. The zero-order valence-corrected chi connectivity index (χ0v) is 15.1. The summed E-state index contributed by atoms with van der Waals surface area (Å²) in [6.07, 6.45) is 4.53. The van der Waals surface area contributed by atoms with Crippen LogP contribution in [0, 0.1) is 5.41 Å². The van der Waals surface area contributed by atoms with Crippen molar-refractivity contribution in [1.82, 2.24) is 15.5 Å². The van der Waals surface area contributed by atoms with Crippen LogP contribution in [0.1, 0.15) is 18.9 Å². The lowest BCUT2D eigenvalue weighted by Gasteiger charge is -2.30. The van der Waals surface area contributed by atoms with Crippen LogP contribution in [-0.4, -0.2) is 49.7 Å². The van der Waals surface area contributed by atoms with E-state index >= 15 is 0 Å². The molecular formula is C19H24N6O. The standard InChI is InChI=1S/C19H24N6O/c1-13(26)25-8-7-18(21-2)17(11-25)19(20)24-16-5-3-14(4-6-16)15-9-22-12-23-10-15/h3-6,9-10,21-22H,7-8,11-12H2,1-2H3,(H2,20,24). The lowest BCUT2D eigenvalue weighted by atomic mass is 10.0. The number of hydrogen-bond acceptors (Lipinski definition) is 5. The van der Waals surface area contributed by atoms with Crippen molar-refractivity contribution in [3.05, 3.63) is 47.3 Å². The van der Waals surface area contributed by atoms with Crippen molar-refractivity contribution in [1.29, 1.82) is 5.41 Å². The molecule has 2 aliphatic heterocycles. The van der Waals surface area contributed by atoms with E-state index in [9.17, 15) is 4.79 Å². The molecule has 3 rings (SSSR count). The van der Waals surface area contributed by atoms with E-state index in [1.165, 1.54) is 0 Å². The first-order valence-electron chi connectivity index (χ1n) is 8.63. The summed E-state index contributed by atoms with van der Waals surface area (Å²) in [6.45, 7) is 3.31. The van der Waals surface area contributed by atoms with Crippen LogP contribution in [0.5, 0.6) is 0 Å². The van der Waals surface area contributed by atoms with Gasteiger partial charge in [0.15, 0.2) is 0 Å². The molecule has 0 aromatic heterocycles. The molecule has 0 aliphatic carbocycles. The van der Waals surface area contributed by atoms with E-state index in [2.05, 4.69) is 20.9 Å². The molecule has 7 nitrogen and oxygen atoms in total. The number of hydrogen-bond donors (Lipinski definition) is 4. The zero-order chi connectivity index (χ0) is 18.5. The summed E-state index contributed by atoms with van der Waals surface area (Å²) >= 11 is 0. The van der Waals surface area contributed by atoms with Gasteiger partial charge < -0.3 is 20.9 Å². The third kappa shape index (κ3) is 3.93. The molecule has 0 saturated carbocycles. The van der Waals surface area contributed by atoms with Crippen LogP contribution in [0.3, 0.4) is 0 Å². The van der Waals surface area contributed by atoms with Crippen molar-refractivity contribution in [2.75, 3.05) is 32.1 Å². The lowest BCUT2D eigenvalue weighted by Crippen LogP contribution is -2.40. The fourth-order valence-electron chi connectivity index (χ4n) is 3.05. The number of aliphatic imine (C=N–C) groups is 1. The van der Waals surface area contributed by atoms with Gasteiger partial charge in [0.1, 0.15) is 12.5 Å². The van der Waals surface area contributed by atoms with Gasteiger partial charge in [0, 0.05) is 61.9 Å². The molecule has 26 heavy (non-hydrogen) atoms. The summed E-state index contributed by atoms with van der Waals surface area (Å²) in [5.41, 5.74) is 4.76. The quantitative estimate of drug-likeness (QED) is 0.491. The highest BCUT2D eigenvalue weighted by atomic mass is 16.2. The molecule has 0 bridgehead atoms. The molecule has 2 heterocycles. The first-order valence-corrected chi connectivity index (χ1v) is 8.63. The Morgan fingerprint density at radius 3 is 2.69 bits per heavy atom. The number of benzene rings is 1. The Kier molecular flexibility index (Phi) is 5.36. The SMILES string of the molecule is CNC1=C(C(=N)Nc2ccc(C3=CNCN=C3)cc2)CN(C(C)=O)CC1. The van der Waals surface area contributed by atoms with E-state index in [0.717, 1.165) is 34.5 Å². The molecule has 2 aliphatic rings. The predicted octanol–water partition coefficient (Wildman–Crippen LogP) is 1.77. The summed E-state index contributed by atoms with van der Waals surface area (Å²) in [5, 5.41) is 17.8. The van der Waals surface area contributed by atoms with Crippen LogP contribution in [0.15, 0.2) is 46.7 Å². The number of nitrogens with zero attached hydrogens (tertiary/aromatic N) is 2. The van der Waals surface area contributed by atoms with E-state index in [1.807, 2.05) is 43.7 Å². The summed E-state index contributed by atoms with van der Waals surface area (Å²) in [6, 6.07) is 7.88. The molecule has 1 aromatic rings. The number of carbonyl (C=O) groups is 1. The van der Waals surface area contributed by atoms with Gasteiger partial charge in [-0.25, -0.2) is 0 Å². The number of nitrogens with one attached hydrogen (secondary N) is 4. The minimum atomic E-state index is 0.0332. The van der Waals surface area contributed by atoms with Crippen molar-refractivity contribution in [2.45, 2.75) is 13.3 Å². The maximum absolute atomic E-state index is 11.7. The van der Waals surface area contributed by atoms with Crippen LogP contribution in [-0.2, 0) is 4.79 Å². The van der Waals surface area contributed by atoms with Crippen molar-refractivity contribution in [3.8, 4) is 0 Å². The topological polar surface area (TPSA) is 92.6 Å². The Labute approximate surface area is 153 Å². The first-order chi connectivity index (χ1) is 12.6. The van der Waals surface area contributed by atoms with Gasteiger partial charge in [-0.05, 0) is 17.7 Å². The van der Waals surface area contributed by atoms with Crippen LogP contribution in [0.25, 0.3) is 5.57 Å². The molecule has 0 atom stereocenters. The Morgan fingerprint density at radius 1 is 1.31 bits per heavy atom. The number of allylic oxidation sites excluding steroid dienone is 1. The van der Waals surface area contributed by atoms with Gasteiger partial charge in [0.2, 0.25) is 5.91 Å². The van der Waals surface area contributed by atoms with Crippen molar-refractivity contribution in [3.63, 3.8) is 0 Å². The van der Waals surface area contributed by atoms with Crippen LogP contribution < -0.4 is 16.0 Å². The van der Waals surface area contributed by atoms with Crippen molar-refractivity contribution < 1.29 is 4.79 Å². The fourth-order valence-corrected chi connectivity index (χ4v) is 3.05. The average molecular weight is 352 g/mol. The van der Waals surface area contributed by atoms with Gasteiger partial charge in [-0.3, -0.25) is 15.2 Å². The van der Waals surface area contributed by atoms with Gasteiger partial charge in [0.05, 0.1) is 6.54 Å². The van der Waals surface area contributed by atoms with E-state index in [1.54, 1.807) is 11.8 Å². The second-order valence-corrected chi connectivity index (χ2v) is 6.25. The second-order valence-electron chi connectivity index (χ2n) is 6.25. The summed E-state index contributed by atoms with van der Waals surface area (Å²) in [4.78, 5) is 17.6. The van der Waals surface area contributed by atoms with E-state index in [0.29, 0.717) is 25.6 Å². The molecule has 1 amide bonds. The fraction of sp³-hybridized carbons (Fsp3) is 0.316. The lowest BCUT2D eigenvalue weighted by molar-refractivity contribution is -0.128. The highest BCUT2D eigenvalue weighted by molar-refractivity contribution is 6.10. The van der Waals surface area contributed by atoms with E-state index in [-0.39, 0.29) is 5.91 Å². The minimum absolute atomic E-state index is 0.0332. The van der Waals surface area contributed by atoms with Crippen LogP contribution >= 0.6 is 0 Å². The van der Waals surface area contributed by atoms with Crippen molar-refractivity contribution >= 4 is 29.2 Å². The Hall–Kier alpha value is -3.09. The van der Waals surface area contributed by atoms with Gasteiger partial charge in [-0.15, -0.1) is 0 Å². The van der Waals surface area contributed by atoms with Gasteiger partial charge >= 0.3 is 0 Å². The van der Waals surface area contributed by atoms with Crippen LogP contribution in [0.4, 0.5) is 5.69 Å². The van der Waals surface area contributed by atoms with E-state index < -0.39 is 0 Å². The number of amidine groups is 1.